The van der Waals surface area contributed by atoms with Crippen LogP contribution in [0, 0.1) is 11.8 Å². The van der Waals surface area contributed by atoms with E-state index in [1.54, 1.807) is 6.20 Å². The van der Waals surface area contributed by atoms with Gasteiger partial charge in [0.05, 0.1) is 0 Å². The Bertz CT molecular complexity index is 530. The highest BCUT2D eigenvalue weighted by Gasteiger charge is 2.26. The van der Waals surface area contributed by atoms with Crippen molar-refractivity contribution < 1.29 is 4.79 Å². The highest BCUT2D eigenvalue weighted by molar-refractivity contribution is 5.74. The zero-order valence-corrected chi connectivity index (χ0v) is 15.7. The SMILES string of the molecule is CC(C)CN1CCCC(CNC(=O)N2CCCC(c3ccn[nH]3)C2)C1. The Labute approximate surface area is 151 Å². The van der Waals surface area contributed by atoms with Crippen LogP contribution in [0.25, 0.3) is 0 Å². The summed E-state index contributed by atoms with van der Waals surface area (Å²) < 4.78 is 0. The lowest BCUT2D eigenvalue weighted by Crippen LogP contribution is -2.48. The zero-order chi connectivity index (χ0) is 17.6. The molecule has 0 spiro atoms. The normalized spacial score (nSPS) is 25.3. The first-order valence-corrected chi connectivity index (χ1v) is 9.86. The van der Waals surface area contributed by atoms with E-state index in [0.29, 0.717) is 17.8 Å². The average Bonchev–Trinajstić information content (AvgIpc) is 3.14. The van der Waals surface area contributed by atoms with Gasteiger partial charge >= 0.3 is 6.03 Å². The third-order valence-electron chi connectivity index (χ3n) is 5.44. The summed E-state index contributed by atoms with van der Waals surface area (Å²) in [6.07, 6.45) is 6.45. The Morgan fingerprint density at radius 2 is 2.16 bits per heavy atom. The maximum atomic E-state index is 12.6. The number of likely N-dealkylation sites (tertiary alicyclic amines) is 2. The molecule has 2 aliphatic rings. The summed E-state index contributed by atoms with van der Waals surface area (Å²) in [7, 11) is 0. The second-order valence-corrected chi connectivity index (χ2v) is 8.14. The second kappa shape index (κ2) is 8.70. The molecule has 6 nitrogen and oxygen atoms in total. The van der Waals surface area contributed by atoms with Crippen LogP contribution in [0.5, 0.6) is 0 Å². The molecule has 6 heteroatoms. The lowest BCUT2D eigenvalue weighted by molar-refractivity contribution is 0.149. The first kappa shape index (κ1) is 18.2. The van der Waals surface area contributed by atoms with E-state index in [0.717, 1.165) is 44.7 Å². The fourth-order valence-corrected chi connectivity index (χ4v) is 4.25. The summed E-state index contributed by atoms with van der Waals surface area (Å²) in [4.78, 5) is 17.1. The summed E-state index contributed by atoms with van der Waals surface area (Å²) in [5, 5.41) is 10.3. The van der Waals surface area contributed by atoms with E-state index < -0.39 is 0 Å². The van der Waals surface area contributed by atoms with Gasteiger partial charge < -0.3 is 15.1 Å². The van der Waals surface area contributed by atoms with Gasteiger partial charge in [-0.15, -0.1) is 0 Å². The molecule has 3 heterocycles. The summed E-state index contributed by atoms with van der Waals surface area (Å²) in [6.45, 7) is 10.5. The van der Waals surface area contributed by atoms with Gasteiger partial charge in [0.1, 0.15) is 0 Å². The molecule has 1 aromatic heterocycles. The Morgan fingerprint density at radius 3 is 2.92 bits per heavy atom. The monoisotopic (exact) mass is 347 g/mol. The van der Waals surface area contributed by atoms with Crippen LogP contribution in [0.1, 0.15) is 51.1 Å². The van der Waals surface area contributed by atoms with Gasteiger partial charge in [-0.1, -0.05) is 13.8 Å². The van der Waals surface area contributed by atoms with Gasteiger partial charge in [0.25, 0.3) is 0 Å². The molecule has 0 aromatic carbocycles. The maximum absolute atomic E-state index is 12.6. The van der Waals surface area contributed by atoms with E-state index in [1.165, 1.54) is 25.9 Å². The van der Waals surface area contributed by atoms with E-state index in [-0.39, 0.29) is 6.03 Å². The van der Waals surface area contributed by atoms with Crippen molar-refractivity contribution in [3.8, 4) is 0 Å². The van der Waals surface area contributed by atoms with Gasteiger partial charge in [0.15, 0.2) is 0 Å². The minimum Gasteiger partial charge on any atom is -0.338 e. The topological polar surface area (TPSA) is 64.3 Å². The summed E-state index contributed by atoms with van der Waals surface area (Å²) in [6, 6.07) is 2.13. The molecular formula is C19H33N5O. The van der Waals surface area contributed by atoms with Gasteiger partial charge in [0, 0.05) is 50.5 Å². The number of urea groups is 1. The fourth-order valence-electron chi connectivity index (χ4n) is 4.25. The smallest absolute Gasteiger partial charge is 0.317 e. The van der Waals surface area contributed by atoms with Crippen molar-refractivity contribution in [1.82, 2.24) is 25.3 Å². The van der Waals surface area contributed by atoms with Gasteiger partial charge in [-0.3, -0.25) is 5.10 Å². The Kier molecular flexibility index (Phi) is 6.34. The van der Waals surface area contributed by atoms with Crippen LogP contribution in [-0.2, 0) is 0 Å². The number of H-pyrrole nitrogens is 1. The lowest BCUT2D eigenvalue weighted by atomic mass is 9.95. The number of aromatic amines is 1. The van der Waals surface area contributed by atoms with Crippen LogP contribution in [0.15, 0.2) is 12.3 Å². The first-order chi connectivity index (χ1) is 12.1. The van der Waals surface area contributed by atoms with Crippen molar-refractivity contribution in [1.29, 1.82) is 0 Å². The molecule has 2 amide bonds. The average molecular weight is 348 g/mol. The highest BCUT2D eigenvalue weighted by Crippen LogP contribution is 2.25. The Morgan fingerprint density at radius 1 is 1.32 bits per heavy atom. The number of amides is 2. The number of carbonyl (C=O) groups is 1. The third kappa shape index (κ3) is 5.21. The standard InChI is InChI=1S/C19H33N5O/c1-15(2)12-23-9-3-5-16(13-23)11-20-19(25)24-10-4-6-17(14-24)18-7-8-21-22-18/h7-8,15-17H,3-6,9-14H2,1-2H3,(H,20,25)(H,21,22). The predicted molar refractivity (Wildman–Crippen MR) is 99.5 cm³/mol. The van der Waals surface area contributed by atoms with E-state index in [2.05, 4.69) is 34.3 Å². The van der Waals surface area contributed by atoms with E-state index in [9.17, 15) is 4.79 Å². The largest absolute Gasteiger partial charge is 0.338 e. The van der Waals surface area contributed by atoms with Gasteiger partial charge in [-0.05, 0) is 50.1 Å². The number of nitrogens with zero attached hydrogens (tertiary/aromatic N) is 3. The van der Waals surface area contributed by atoms with Crippen LogP contribution in [-0.4, -0.2) is 65.3 Å². The molecule has 3 rings (SSSR count). The van der Waals surface area contributed by atoms with Gasteiger partial charge in [-0.2, -0.15) is 5.10 Å². The summed E-state index contributed by atoms with van der Waals surface area (Å²) in [5.41, 5.74) is 1.15. The quantitative estimate of drug-likeness (QED) is 0.861. The number of rotatable bonds is 5. The molecule has 0 radical (unpaired) electrons. The molecule has 1 aromatic rings. The van der Waals surface area contributed by atoms with Crippen molar-refractivity contribution in [3.63, 3.8) is 0 Å². The van der Waals surface area contributed by atoms with Crippen molar-refractivity contribution in [2.45, 2.75) is 45.4 Å². The molecule has 2 atom stereocenters. The molecule has 2 fully saturated rings. The fraction of sp³-hybridized carbons (Fsp3) is 0.789. The minimum atomic E-state index is 0.102. The Balaban J connectivity index is 1.44. The van der Waals surface area contributed by atoms with E-state index >= 15 is 0 Å². The number of piperidine rings is 2. The van der Waals surface area contributed by atoms with Crippen molar-refractivity contribution in [2.75, 3.05) is 39.3 Å². The van der Waals surface area contributed by atoms with Crippen molar-refractivity contribution >= 4 is 6.03 Å². The molecule has 25 heavy (non-hydrogen) atoms. The number of carbonyl (C=O) groups excluding carboxylic acids is 1. The lowest BCUT2D eigenvalue weighted by Gasteiger charge is -2.35. The van der Waals surface area contributed by atoms with E-state index in [4.69, 9.17) is 0 Å². The number of nitrogens with one attached hydrogen (secondary N) is 2. The molecule has 2 aliphatic heterocycles. The van der Waals surface area contributed by atoms with Crippen LogP contribution < -0.4 is 5.32 Å². The number of aromatic nitrogens is 2. The van der Waals surface area contributed by atoms with Gasteiger partial charge in [-0.25, -0.2) is 4.79 Å². The highest BCUT2D eigenvalue weighted by atomic mass is 16.2. The van der Waals surface area contributed by atoms with Crippen molar-refractivity contribution in [2.24, 2.45) is 11.8 Å². The summed E-state index contributed by atoms with van der Waals surface area (Å²) >= 11 is 0. The molecule has 0 aliphatic carbocycles. The van der Waals surface area contributed by atoms with Crippen LogP contribution >= 0.6 is 0 Å². The Hall–Kier alpha value is -1.56. The molecule has 140 valence electrons. The maximum Gasteiger partial charge on any atom is 0.317 e. The van der Waals surface area contributed by atoms with Crippen LogP contribution in [0.4, 0.5) is 4.79 Å². The number of hydrogen-bond acceptors (Lipinski definition) is 3. The van der Waals surface area contributed by atoms with Crippen LogP contribution in [0.2, 0.25) is 0 Å². The van der Waals surface area contributed by atoms with E-state index in [1.807, 2.05) is 11.0 Å². The second-order valence-electron chi connectivity index (χ2n) is 8.14. The van der Waals surface area contributed by atoms with Crippen LogP contribution in [0.3, 0.4) is 0 Å². The molecular weight excluding hydrogens is 314 g/mol. The molecule has 0 bridgehead atoms. The molecule has 2 unspecified atom stereocenters. The third-order valence-corrected chi connectivity index (χ3v) is 5.44. The number of hydrogen-bond donors (Lipinski definition) is 2. The van der Waals surface area contributed by atoms with Crippen molar-refractivity contribution in [3.05, 3.63) is 18.0 Å². The molecule has 2 saturated heterocycles. The zero-order valence-electron chi connectivity index (χ0n) is 15.7. The minimum absolute atomic E-state index is 0.102. The predicted octanol–water partition coefficient (Wildman–Crippen LogP) is 2.67. The first-order valence-electron chi connectivity index (χ1n) is 9.86. The summed E-state index contributed by atoms with van der Waals surface area (Å²) in [5.74, 6) is 1.68. The molecule has 0 saturated carbocycles. The van der Waals surface area contributed by atoms with Gasteiger partial charge in [0.2, 0.25) is 0 Å². The molecule has 2 N–H and O–H groups in total.